The molecule has 1 aromatic carbocycles. The molecule has 11 heteroatoms. The number of amides is 1. The van der Waals surface area contributed by atoms with Gasteiger partial charge in [-0.1, -0.05) is 12.6 Å². The lowest BCUT2D eigenvalue weighted by Gasteiger charge is -2.41. The molecule has 0 unspecified atom stereocenters. The lowest BCUT2D eigenvalue weighted by molar-refractivity contribution is -0.128. The third-order valence-electron chi connectivity index (χ3n) is 9.04. The Labute approximate surface area is 253 Å². The molecular formula is C32H41N9O2. The molecule has 1 N–H and O–H groups in total. The number of nitrogens with one attached hydrogen (secondary N) is 1. The number of fused-ring (bicyclic) bond motifs is 2. The molecule has 2 aliphatic heterocycles. The van der Waals surface area contributed by atoms with Crippen molar-refractivity contribution in [2.45, 2.75) is 51.6 Å². The molecule has 0 bridgehead atoms. The van der Waals surface area contributed by atoms with Crippen LogP contribution < -0.4 is 14.5 Å². The van der Waals surface area contributed by atoms with Crippen molar-refractivity contribution in [3.05, 3.63) is 47.8 Å². The Balaban J connectivity index is 1.36. The summed E-state index contributed by atoms with van der Waals surface area (Å²) in [7, 11) is 4.20. The highest BCUT2D eigenvalue weighted by Gasteiger charge is 2.44. The number of rotatable bonds is 9. The van der Waals surface area contributed by atoms with Gasteiger partial charge in [0.15, 0.2) is 0 Å². The van der Waals surface area contributed by atoms with Gasteiger partial charge in [-0.05, 0) is 64.4 Å². The van der Waals surface area contributed by atoms with E-state index >= 15 is 0 Å². The molecule has 1 atom stereocenters. The predicted molar refractivity (Wildman–Crippen MR) is 166 cm³/mol. The van der Waals surface area contributed by atoms with E-state index in [9.17, 15) is 10.1 Å². The highest BCUT2D eigenvalue weighted by molar-refractivity contribution is 5.93. The summed E-state index contributed by atoms with van der Waals surface area (Å²) >= 11 is 0. The van der Waals surface area contributed by atoms with Gasteiger partial charge in [0.1, 0.15) is 5.82 Å². The minimum Gasteiger partial charge on any atom is -0.463 e. The molecule has 4 heterocycles. The molecular weight excluding hydrogens is 542 g/mol. The predicted octanol–water partition coefficient (Wildman–Crippen LogP) is 3.45. The van der Waals surface area contributed by atoms with E-state index in [-0.39, 0.29) is 23.8 Å². The first kappa shape index (κ1) is 28.9. The van der Waals surface area contributed by atoms with Crippen molar-refractivity contribution in [2.75, 3.05) is 63.2 Å². The van der Waals surface area contributed by atoms with Crippen molar-refractivity contribution in [1.82, 2.24) is 30.0 Å². The number of aromatic amines is 1. The highest BCUT2D eigenvalue weighted by atomic mass is 16.5. The van der Waals surface area contributed by atoms with Gasteiger partial charge in [0.05, 0.1) is 54.8 Å². The molecule has 1 saturated heterocycles. The number of carbonyl (C=O) groups excluding carboxylic acids is 1. The summed E-state index contributed by atoms with van der Waals surface area (Å²) in [5, 5.41) is 18.1. The zero-order valence-corrected chi connectivity index (χ0v) is 25.5. The van der Waals surface area contributed by atoms with Gasteiger partial charge in [0.25, 0.3) is 0 Å². The van der Waals surface area contributed by atoms with Crippen molar-refractivity contribution in [3.8, 4) is 12.1 Å². The van der Waals surface area contributed by atoms with Crippen LogP contribution in [0.5, 0.6) is 6.01 Å². The maximum Gasteiger partial charge on any atom is 0.318 e. The number of ether oxygens (including phenoxy) is 1. The molecule has 0 spiro atoms. The summed E-state index contributed by atoms with van der Waals surface area (Å²) in [6.45, 7) is 10.5. The number of aryl methyl sites for hydroxylation is 1. The van der Waals surface area contributed by atoms with E-state index < -0.39 is 0 Å². The minimum absolute atomic E-state index is 0.138. The van der Waals surface area contributed by atoms with Crippen molar-refractivity contribution < 1.29 is 9.53 Å². The summed E-state index contributed by atoms with van der Waals surface area (Å²) in [4.78, 5) is 31.3. The fourth-order valence-electron chi connectivity index (χ4n) is 6.79. The first-order chi connectivity index (χ1) is 20.8. The average Bonchev–Trinajstić information content (AvgIpc) is 3.64. The maximum absolute atomic E-state index is 12.6. The second-order valence-electron chi connectivity index (χ2n) is 12.6. The Bertz CT molecular complexity index is 1550. The Kier molecular flexibility index (Phi) is 7.97. The van der Waals surface area contributed by atoms with E-state index in [2.05, 4.69) is 70.7 Å². The SMILES string of the molecule is C=CC(=O)N1CCN(c2nc(OCC3(CN(C)C)CC3)nc3c2CCCN(c2c(C)ccc4[nH]ncc24)C3)C[C@@H]1CC#N. The lowest BCUT2D eigenvalue weighted by atomic mass is 10.1. The topological polar surface area (TPSA) is 118 Å². The van der Waals surface area contributed by atoms with Gasteiger partial charge in [-0.25, -0.2) is 0 Å². The number of hydrogen-bond acceptors (Lipinski definition) is 9. The Morgan fingerprint density at radius 3 is 2.84 bits per heavy atom. The second-order valence-corrected chi connectivity index (χ2v) is 12.6. The standard InChI is InChI=1S/C32H41N9O2/c1-5-28(42)41-16-15-40(18-23(41)10-13-33)30-24-7-6-14-39(29-22(2)8-9-26-25(29)17-34-37-26)19-27(24)35-31(36-30)43-21-32(11-12-32)20-38(3)4/h5,8-9,17,23H,1,6-7,10-12,14-16,18-21H2,2-4H3,(H,34,37)/t23-/m0/s1. The molecule has 11 nitrogen and oxygen atoms in total. The van der Waals surface area contributed by atoms with Crippen molar-refractivity contribution >= 4 is 28.3 Å². The molecule has 3 aliphatic rings. The zero-order chi connectivity index (χ0) is 30.1. The van der Waals surface area contributed by atoms with Crippen LogP contribution in [-0.2, 0) is 17.8 Å². The quantitative estimate of drug-likeness (QED) is 0.378. The van der Waals surface area contributed by atoms with Crippen LogP contribution in [0.25, 0.3) is 10.9 Å². The summed E-state index contributed by atoms with van der Waals surface area (Å²) in [5.74, 6) is 0.728. The third kappa shape index (κ3) is 5.89. The van der Waals surface area contributed by atoms with Crippen molar-refractivity contribution in [1.29, 1.82) is 5.26 Å². The van der Waals surface area contributed by atoms with E-state index in [0.29, 0.717) is 38.8 Å². The number of piperazine rings is 1. The summed E-state index contributed by atoms with van der Waals surface area (Å²) in [5.41, 5.74) is 5.63. The van der Waals surface area contributed by atoms with Gasteiger partial charge in [0, 0.05) is 49.1 Å². The van der Waals surface area contributed by atoms with Gasteiger partial charge in [-0.15, -0.1) is 0 Å². The monoisotopic (exact) mass is 583 g/mol. The smallest absolute Gasteiger partial charge is 0.318 e. The summed E-state index contributed by atoms with van der Waals surface area (Å²) in [6, 6.07) is 6.66. The molecule has 2 fully saturated rings. The van der Waals surface area contributed by atoms with Gasteiger partial charge in [0.2, 0.25) is 5.91 Å². The third-order valence-corrected chi connectivity index (χ3v) is 9.04. The number of nitriles is 1. The van der Waals surface area contributed by atoms with Gasteiger partial charge in [-0.2, -0.15) is 20.3 Å². The summed E-state index contributed by atoms with van der Waals surface area (Å²) < 4.78 is 6.41. The Morgan fingerprint density at radius 2 is 2.09 bits per heavy atom. The lowest BCUT2D eigenvalue weighted by Crippen LogP contribution is -2.55. The first-order valence-corrected chi connectivity index (χ1v) is 15.2. The number of aromatic nitrogens is 4. The van der Waals surface area contributed by atoms with Gasteiger partial charge >= 0.3 is 6.01 Å². The molecule has 0 radical (unpaired) electrons. The molecule has 43 heavy (non-hydrogen) atoms. The zero-order valence-electron chi connectivity index (χ0n) is 25.5. The fraction of sp³-hybridized carbons (Fsp3) is 0.531. The average molecular weight is 584 g/mol. The normalized spacial score (nSPS) is 19.6. The number of anilines is 2. The van der Waals surface area contributed by atoms with Crippen LogP contribution in [0.3, 0.4) is 0 Å². The van der Waals surface area contributed by atoms with E-state index in [4.69, 9.17) is 14.7 Å². The largest absolute Gasteiger partial charge is 0.463 e. The molecule has 1 aliphatic carbocycles. The van der Waals surface area contributed by atoms with Crippen LogP contribution in [0.4, 0.5) is 11.5 Å². The van der Waals surface area contributed by atoms with Crippen LogP contribution in [0.2, 0.25) is 0 Å². The Hall–Kier alpha value is -4.17. The molecule has 1 saturated carbocycles. The summed E-state index contributed by atoms with van der Waals surface area (Å²) in [6.07, 6.45) is 7.55. The Morgan fingerprint density at radius 1 is 1.26 bits per heavy atom. The van der Waals surface area contributed by atoms with Crippen LogP contribution in [0.15, 0.2) is 31.0 Å². The number of benzene rings is 1. The van der Waals surface area contributed by atoms with Crippen LogP contribution in [0, 0.1) is 23.7 Å². The van der Waals surface area contributed by atoms with Crippen LogP contribution in [-0.4, -0.2) is 95.3 Å². The molecule has 226 valence electrons. The van der Waals surface area contributed by atoms with Crippen molar-refractivity contribution in [2.24, 2.45) is 5.41 Å². The first-order valence-electron chi connectivity index (χ1n) is 15.2. The van der Waals surface area contributed by atoms with E-state index in [0.717, 1.165) is 66.8 Å². The number of H-pyrrole nitrogens is 1. The maximum atomic E-state index is 12.6. The van der Waals surface area contributed by atoms with Crippen LogP contribution >= 0.6 is 0 Å². The van der Waals surface area contributed by atoms with E-state index in [1.54, 1.807) is 4.90 Å². The number of nitrogens with zero attached hydrogens (tertiary/aromatic N) is 8. The number of hydrogen-bond donors (Lipinski definition) is 1. The molecule has 3 aromatic rings. The van der Waals surface area contributed by atoms with Gasteiger partial charge < -0.3 is 24.3 Å². The molecule has 2 aromatic heterocycles. The van der Waals surface area contributed by atoms with E-state index in [1.807, 2.05) is 6.20 Å². The minimum atomic E-state index is -0.238. The van der Waals surface area contributed by atoms with Gasteiger partial charge in [-0.3, -0.25) is 9.89 Å². The van der Waals surface area contributed by atoms with Crippen LogP contribution in [0.1, 0.15) is 42.5 Å². The second kappa shape index (κ2) is 11.8. The van der Waals surface area contributed by atoms with E-state index in [1.165, 1.54) is 17.3 Å². The fourth-order valence-corrected chi connectivity index (χ4v) is 6.79. The number of carbonyl (C=O) groups is 1. The van der Waals surface area contributed by atoms with Crippen molar-refractivity contribution in [3.63, 3.8) is 0 Å². The highest BCUT2D eigenvalue weighted by Crippen LogP contribution is 2.46. The molecule has 6 rings (SSSR count). The molecule has 1 amide bonds.